The summed E-state index contributed by atoms with van der Waals surface area (Å²) in [5.41, 5.74) is 0. The molecular formula is C6H13O3. The van der Waals surface area contributed by atoms with Crippen LogP contribution in [0.1, 0.15) is 13.3 Å². The van der Waals surface area contributed by atoms with Gasteiger partial charge in [-0.1, -0.05) is 0 Å². The van der Waals surface area contributed by atoms with Gasteiger partial charge in [0.05, 0.1) is 18.3 Å². The van der Waals surface area contributed by atoms with Crippen molar-refractivity contribution in [3.63, 3.8) is 0 Å². The highest BCUT2D eigenvalue weighted by Gasteiger charge is 2.12. The molecule has 0 fully saturated rings. The van der Waals surface area contributed by atoms with Gasteiger partial charge >= 0.3 is 0 Å². The molecule has 0 aromatic rings. The molecule has 0 aliphatic carbocycles. The molecule has 0 saturated carbocycles. The van der Waals surface area contributed by atoms with Crippen LogP contribution >= 0.6 is 0 Å². The van der Waals surface area contributed by atoms with Crippen LogP contribution in [-0.2, 0) is 0 Å². The highest BCUT2D eigenvalue weighted by Crippen LogP contribution is 2.00. The molecule has 0 spiro atoms. The predicted octanol–water partition coefficient (Wildman–Crippen LogP) is -0.687. The largest absolute Gasteiger partial charge is 0.393 e. The van der Waals surface area contributed by atoms with E-state index in [1.54, 1.807) is 6.92 Å². The lowest BCUT2D eigenvalue weighted by Crippen LogP contribution is -2.26. The summed E-state index contributed by atoms with van der Waals surface area (Å²) < 4.78 is 0. The first-order valence-electron chi connectivity index (χ1n) is 2.91. The Morgan fingerprint density at radius 2 is 1.78 bits per heavy atom. The van der Waals surface area contributed by atoms with Gasteiger partial charge in [0, 0.05) is 6.42 Å². The maximum atomic E-state index is 8.82. The van der Waals surface area contributed by atoms with Gasteiger partial charge in [-0.15, -0.1) is 0 Å². The maximum absolute atomic E-state index is 8.82. The number of hydrogen-bond acceptors (Lipinski definition) is 3. The second-order valence-corrected chi connectivity index (χ2v) is 2.22. The zero-order chi connectivity index (χ0) is 7.44. The molecule has 0 aliphatic rings. The Labute approximate surface area is 54.9 Å². The molecule has 0 amide bonds. The van der Waals surface area contributed by atoms with E-state index in [2.05, 4.69) is 6.92 Å². The lowest BCUT2D eigenvalue weighted by molar-refractivity contribution is 0.0130. The first-order chi connectivity index (χ1) is 4.04. The van der Waals surface area contributed by atoms with Gasteiger partial charge in [0.1, 0.15) is 0 Å². The number of rotatable bonds is 3. The zero-order valence-electron chi connectivity index (χ0n) is 5.49. The molecule has 0 aromatic heterocycles. The van der Waals surface area contributed by atoms with Crippen molar-refractivity contribution >= 4 is 0 Å². The molecule has 0 aliphatic heterocycles. The number of aliphatic hydroxyl groups is 3. The van der Waals surface area contributed by atoms with Crippen LogP contribution in [0.15, 0.2) is 0 Å². The Hall–Kier alpha value is -0.120. The van der Waals surface area contributed by atoms with Crippen LogP contribution in [0.25, 0.3) is 0 Å². The Kier molecular flexibility index (Phi) is 3.77. The molecule has 9 heavy (non-hydrogen) atoms. The predicted molar refractivity (Wildman–Crippen MR) is 33.7 cm³/mol. The van der Waals surface area contributed by atoms with Crippen molar-refractivity contribution in [2.75, 3.05) is 0 Å². The molecular weight excluding hydrogens is 120 g/mol. The van der Waals surface area contributed by atoms with E-state index in [4.69, 9.17) is 15.3 Å². The van der Waals surface area contributed by atoms with Crippen LogP contribution in [0.2, 0.25) is 0 Å². The van der Waals surface area contributed by atoms with Gasteiger partial charge in [-0.2, -0.15) is 0 Å². The van der Waals surface area contributed by atoms with Crippen molar-refractivity contribution in [3.8, 4) is 0 Å². The minimum Gasteiger partial charge on any atom is -0.393 e. The maximum Gasteiger partial charge on any atom is 0.0823 e. The number of aliphatic hydroxyl groups excluding tert-OH is 3. The summed E-state index contributed by atoms with van der Waals surface area (Å²) in [5, 5.41) is 26.1. The first kappa shape index (κ1) is 8.88. The third-order valence-electron chi connectivity index (χ3n) is 1.03. The first-order valence-corrected chi connectivity index (χ1v) is 2.91. The van der Waals surface area contributed by atoms with Crippen molar-refractivity contribution in [2.24, 2.45) is 0 Å². The highest BCUT2D eigenvalue weighted by atomic mass is 16.3. The molecule has 0 saturated heterocycles. The zero-order valence-corrected chi connectivity index (χ0v) is 5.49. The second kappa shape index (κ2) is 3.82. The lowest BCUT2D eigenvalue weighted by atomic mass is 10.1. The molecule has 0 heterocycles. The summed E-state index contributed by atoms with van der Waals surface area (Å²) in [6.45, 7) is 4.73. The monoisotopic (exact) mass is 133 g/mol. The van der Waals surface area contributed by atoms with Crippen LogP contribution in [0.4, 0.5) is 0 Å². The van der Waals surface area contributed by atoms with Gasteiger partial charge in [-0.25, -0.2) is 0 Å². The van der Waals surface area contributed by atoms with Crippen molar-refractivity contribution in [1.82, 2.24) is 0 Å². The molecule has 0 bridgehead atoms. The Balaban J connectivity index is 3.38. The quantitative estimate of drug-likeness (QED) is 0.477. The van der Waals surface area contributed by atoms with Gasteiger partial charge in [0.25, 0.3) is 0 Å². The average molecular weight is 133 g/mol. The Morgan fingerprint density at radius 3 is 1.89 bits per heavy atom. The van der Waals surface area contributed by atoms with Gasteiger partial charge in [-0.05, 0) is 13.8 Å². The highest BCUT2D eigenvalue weighted by molar-refractivity contribution is 4.70. The Morgan fingerprint density at radius 1 is 1.33 bits per heavy atom. The van der Waals surface area contributed by atoms with E-state index in [1.807, 2.05) is 0 Å². The van der Waals surface area contributed by atoms with E-state index in [9.17, 15) is 0 Å². The molecule has 3 nitrogen and oxygen atoms in total. The van der Waals surface area contributed by atoms with Crippen molar-refractivity contribution < 1.29 is 15.3 Å². The van der Waals surface area contributed by atoms with Gasteiger partial charge in [-0.3, -0.25) is 0 Å². The van der Waals surface area contributed by atoms with E-state index in [1.165, 1.54) is 0 Å². The summed E-state index contributed by atoms with van der Waals surface area (Å²) in [6.07, 6.45) is -2.33. The summed E-state index contributed by atoms with van der Waals surface area (Å²) in [4.78, 5) is 0. The molecule has 3 heteroatoms. The van der Waals surface area contributed by atoms with Crippen LogP contribution in [0.5, 0.6) is 0 Å². The van der Waals surface area contributed by atoms with Crippen molar-refractivity contribution in [2.45, 2.75) is 31.7 Å². The van der Waals surface area contributed by atoms with Crippen LogP contribution < -0.4 is 0 Å². The SMILES string of the molecule is [CH2]C(O)C(O)CC(C)O. The van der Waals surface area contributed by atoms with E-state index in [0.29, 0.717) is 0 Å². The van der Waals surface area contributed by atoms with Crippen LogP contribution in [0.3, 0.4) is 0 Å². The van der Waals surface area contributed by atoms with Gasteiger partial charge < -0.3 is 15.3 Å². The standard InChI is InChI=1S/C6H13O3/c1-4(7)3-6(9)5(2)8/h4-9H,2-3H2,1H3. The van der Waals surface area contributed by atoms with Crippen LogP contribution in [0, 0.1) is 6.92 Å². The fraction of sp³-hybridized carbons (Fsp3) is 0.833. The smallest absolute Gasteiger partial charge is 0.0823 e. The second-order valence-electron chi connectivity index (χ2n) is 2.22. The third-order valence-corrected chi connectivity index (χ3v) is 1.03. The minimum atomic E-state index is -1.00. The van der Waals surface area contributed by atoms with E-state index in [-0.39, 0.29) is 6.42 Å². The summed E-state index contributed by atoms with van der Waals surface area (Å²) in [7, 11) is 0. The molecule has 1 radical (unpaired) electrons. The summed E-state index contributed by atoms with van der Waals surface area (Å²) in [6, 6.07) is 0. The normalized spacial score (nSPS) is 21.0. The summed E-state index contributed by atoms with van der Waals surface area (Å²) in [5.74, 6) is 0. The van der Waals surface area contributed by atoms with Crippen LogP contribution in [-0.4, -0.2) is 33.6 Å². The number of hydrogen-bond donors (Lipinski definition) is 3. The van der Waals surface area contributed by atoms with Crippen molar-refractivity contribution in [1.29, 1.82) is 0 Å². The molecule has 3 N–H and O–H groups in total. The Bertz CT molecular complexity index is 70.7. The third kappa shape index (κ3) is 4.39. The van der Waals surface area contributed by atoms with E-state index >= 15 is 0 Å². The molecule has 55 valence electrons. The summed E-state index contributed by atoms with van der Waals surface area (Å²) >= 11 is 0. The fourth-order valence-corrected chi connectivity index (χ4v) is 0.507. The van der Waals surface area contributed by atoms with Crippen molar-refractivity contribution in [3.05, 3.63) is 6.92 Å². The average Bonchev–Trinajstić information content (AvgIpc) is 1.63. The van der Waals surface area contributed by atoms with Gasteiger partial charge in [0.15, 0.2) is 0 Å². The van der Waals surface area contributed by atoms with E-state index < -0.39 is 18.3 Å². The molecule has 3 unspecified atom stereocenters. The minimum absolute atomic E-state index is 0.171. The lowest BCUT2D eigenvalue weighted by Gasteiger charge is -2.14. The molecule has 3 atom stereocenters. The van der Waals surface area contributed by atoms with Gasteiger partial charge in [0.2, 0.25) is 0 Å². The molecule has 0 aromatic carbocycles. The topological polar surface area (TPSA) is 60.7 Å². The fourth-order valence-electron chi connectivity index (χ4n) is 0.507. The van der Waals surface area contributed by atoms with E-state index in [0.717, 1.165) is 0 Å². The molecule has 0 rings (SSSR count).